The number of carboxylic acid groups (broad SMARTS) is 2. The van der Waals surface area contributed by atoms with Gasteiger partial charge < -0.3 is 10.2 Å². The maximum absolute atomic E-state index is 12.6. The Hall–Kier alpha value is -2.76. The molecule has 0 heterocycles. The van der Waals surface area contributed by atoms with E-state index in [0.29, 0.717) is 6.07 Å². The summed E-state index contributed by atoms with van der Waals surface area (Å²) < 4.78 is 57.4. The van der Waals surface area contributed by atoms with Crippen LogP contribution in [0.25, 0.3) is 0 Å². The average molecular weight is 386 g/mol. The van der Waals surface area contributed by atoms with Crippen LogP contribution < -0.4 is 0 Å². The Kier molecular flexibility index (Phi) is 4.66. The van der Waals surface area contributed by atoms with Gasteiger partial charge in [0.1, 0.15) is 4.90 Å². The quantitative estimate of drug-likeness (QED) is 0.640. The number of benzene rings is 2. The van der Waals surface area contributed by atoms with Gasteiger partial charge in [0.25, 0.3) is 10.1 Å². The van der Waals surface area contributed by atoms with E-state index in [1.165, 1.54) is 0 Å². The number of hydrogen-bond acceptors (Lipinski definition) is 6. The highest BCUT2D eigenvalue weighted by molar-refractivity contribution is 7.92. The van der Waals surface area contributed by atoms with Crippen molar-refractivity contribution < 1.29 is 41.2 Å². The summed E-state index contributed by atoms with van der Waals surface area (Å²) >= 11 is 0. The van der Waals surface area contributed by atoms with E-state index >= 15 is 0 Å². The van der Waals surface area contributed by atoms with Gasteiger partial charge >= 0.3 is 11.9 Å². The lowest BCUT2D eigenvalue weighted by Crippen LogP contribution is -2.12. The number of aromatic carboxylic acids is 2. The maximum Gasteiger partial charge on any atom is 0.335 e. The van der Waals surface area contributed by atoms with Crippen LogP contribution >= 0.6 is 0 Å². The number of sulfone groups is 1. The first kappa shape index (κ1) is 18.6. The molecule has 9 nitrogen and oxygen atoms in total. The topological polar surface area (TPSA) is 163 Å². The van der Waals surface area contributed by atoms with Crippen LogP contribution in [0, 0.1) is 0 Å². The van der Waals surface area contributed by atoms with Gasteiger partial charge in [-0.25, -0.2) is 18.0 Å². The molecule has 2 rings (SSSR count). The molecule has 0 amide bonds. The Morgan fingerprint density at radius 1 is 0.720 bits per heavy atom. The van der Waals surface area contributed by atoms with Gasteiger partial charge in [0.2, 0.25) is 9.84 Å². The van der Waals surface area contributed by atoms with Gasteiger partial charge in [0, 0.05) is 0 Å². The Bertz CT molecular complexity index is 1070. The minimum absolute atomic E-state index is 0.185. The highest BCUT2D eigenvalue weighted by Crippen LogP contribution is 2.28. The minimum Gasteiger partial charge on any atom is -0.478 e. The fraction of sp³-hybridized carbons (Fsp3) is 0. The average Bonchev–Trinajstić information content (AvgIpc) is 2.53. The predicted molar refractivity (Wildman–Crippen MR) is 82.1 cm³/mol. The third kappa shape index (κ3) is 3.68. The Morgan fingerprint density at radius 3 is 1.64 bits per heavy atom. The summed E-state index contributed by atoms with van der Waals surface area (Å²) in [6.07, 6.45) is 0. The smallest absolute Gasteiger partial charge is 0.335 e. The first-order valence-electron chi connectivity index (χ1n) is 6.38. The molecule has 2 aromatic rings. The SMILES string of the molecule is O=C(O)c1ccc(S(=O)(=O)c2ccc(C(=O)O)cc2S(=O)(=O)O)cc1. The standard InChI is InChI=1S/C14H10O9S2/c15-13(16)8-1-4-10(5-2-8)24(19,20)11-6-3-9(14(17)18)7-12(11)25(21,22)23/h1-7H,(H,15,16)(H,17,18)(H,21,22,23). The van der Waals surface area contributed by atoms with Crippen LogP contribution in [0.3, 0.4) is 0 Å². The van der Waals surface area contributed by atoms with E-state index in [2.05, 4.69) is 0 Å². The lowest BCUT2D eigenvalue weighted by atomic mass is 10.2. The van der Waals surface area contributed by atoms with Gasteiger partial charge in [-0.1, -0.05) is 0 Å². The number of rotatable bonds is 5. The van der Waals surface area contributed by atoms with E-state index in [1.807, 2.05) is 0 Å². The fourth-order valence-electron chi connectivity index (χ4n) is 1.97. The normalized spacial score (nSPS) is 11.9. The van der Waals surface area contributed by atoms with Crippen LogP contribution in [-0.2, 0) is 20.0 Å². The van der Waals surface area contributed by atoms with E-state index in [4.69, 9.17) is 10.2 Å². The molecule has 0 saturated heterocycles. The van der Waals surface area contributed by atoms with Crippen LogP contribution in [0.5, 0.6) is 0 Å². The minimum atomic E-state index is -5.04. The molecule has 0 aromatic heterocycles. The first-order chi connectivity index (χ1) is 11.4. The van der Waals surface area contributed by atoms with E-state index in [1.54, 1.807) is 0 Å². The molecule has 11 heteroatoms. The van der Waals surface area contributed by atoms with Crippen molar-refractivity contribution in [2.45, 2.75) is 14.7 Å². The molecule has 0 aliphatic rings. The highest BCUT2D eigenvalue weighted by atomic mass is 32.2. The summed E-state index contributed by atoms with van der Waals surface area (Å²) in [5, 5.41) is 17.7. The maximum atomic E-state index is 12.6. The third-order valence-corrected chi connectivity index (χ3v) is 6.02. The molecular weight excluding hydrogens is 376 g/mol. The van der Waals surface area contributed by atoms with E-state index in [0.717, 1.165) is 36.4 Å². The molecular formula is C14H10O9S2. The molecule has 0 saturated carbocycles. The summed E-state index contributed by atoms with van der Waals surface area (Å²) in [6, 6.07) is 6.07. The number of hydrogen-bond donors (Lipinski definition) is 3. The first-order valence-corrected chi connectivity index (χ1v) is 9.30. The van der Waals surface area contributed by atoms with Gasteiger partial charge in [-0.15, -0.1) is 0 Å². The summed E-state index contributed by atoms with van der Waals surface area (Å²) in [5.41, 5.74) is -0.719. The van der Waals surface area contributed by atoms with Crippen molar-refractivity contribution in [3.05, 3.63) is 53.6 Å². The molecule has 0 unspecified atom stereocenters. The molecule has 0 radical (unpaired) electrons. The second-order valence-corrected chi connectivity index (χ2v) is 8.08. The Balaban J connectivity index is 2.71. The van der Waals surface area contributed by atoms with Gasteiger partial charge in [-0.05, 0) is 42.5 Å². The van der Waals surface area contributed by atoms with Crippen molar-refractivity contribution in [3.8, 4) is 0 Å². The van der Waals surface area contributed by atoms with Crippen molar-refractivity contribution in [2.75, 3.05) is 0 Å². The van der Waals surface area contributed by atoms with Crippen LogP contribution in [0.1, 0.15) is 20.7 Å². The second kappa shape index (κ2) is 6.27. The fourth-order valence-corrected chi connectivity index (χ4v) is 4.53. The zero-order valence-electron chi connectivity index (χ0n) is 12.1. The van der Waals surface area contributed by atoms with Crippen molar-refractivity contribution >= 4 is 31.9 Å². The molecule has 25 heavy (non-hydrogen) atoms. The van der Waals surface area contributed by atoms with Crippen LogP contribution in [0.2, 0.25) is 0 Å². The van der Waals surface area contributed by atoms with Gasteiger partial charge in [-0.2, -0.15) is 8.42 Å². The molecule has 132 valence electrons. The Morgan fingerprint density at radius 2 is 1.20 bits per heavy atom. The summed E-state index contributed by atoms with van der Waals surface area (Å²) in [7, 11) is -9.50. The molecule has 3 N–H and O–H groups in total. The largest absolute Gasteiger partial charge is 0.478 e. The van der Waals surface area contributed by atoms with E-state index < -0.39 is 52.1 Å². The lowest BCUT2D eigenvalue weighted by molar-refractivity contribution is 0.0686. The van der Waals surface area contributed by atoms with Crippen LogP contribution in [-0.4, -0.2) is 43.5 Å². The van der Waals surface area contributed by atoms with Gasteiger partial charge in [0.05, 0.1) is 20.9 Å². The molecule has 2 aromatic carbocycles. The van der Waals surface area contributed by atoms with E-state index in [-0.39, 0.29) is 5.56 Å². The van der Waals surface area contributed by atoms with E-state index in [9.17, 15) is 31.0 Å². The van der Waals surface area contributed by atoms with Gasteiger partial charge in [-0.3, -0.25) is 4.55 Å². The monoisotopic (exact) mass is 386 g/mol. The molecule has 0 aliphatic heterocycles. The summed E-state index contributed by atoms with van der Waals surface area (Å²) in [6.45, 7) is 0. The van der Waals surface area contributed by atoms with Crippen LogP contribution in [0.4, 0.5) is 0 Å². The van der Waals surface area contributed by atoms with Crippen molar-refractivity contribution in [1.82, 2.24) is 0 Å². The molecule has 0 fully saturated rings. The number of carbonyl (C=O) groups is 2. The molecule has 0 aliphatic carbocycles. The van der Waals surface area contributed by atoms with Crippen molar-refractivity contribution in [1.29, 1.82) is 0 Å². The summed E-state index contributed by atoms with van der Waals surface area (Å²) in [5.74, 6) is -2.80. The molecule has 0 spiro atoms. The lowest BCUT2D eigenvalue weighted by Gasteiger charge is -2.10. The van der Waals surface area contributed by atoms with Crippen molar-refractivity contribution in [2.24, 2.45) is 0 Å². The summed E-state index contributed by atoms with van der Waals surface area (Å²) in [4.78, 5) is 19.4. The molecule has 0 atom stereocenters. The van der Waals surface area contributed by atoms with Crippen LogP contribution in [0.15, 0.2) is 57.2 Å². The highest BCUT2D eigenvalue weighted by Gasteiger charge is 2.28. The second-order valence-electron chi connectivity index (χ2n) is 4.77. The van der Waals surface area contributed by atoms with Crippen molar-refractivity contribution in [3.63, 3.8) is 0 Å². The third-order valence-electron chi connectivity index (χ3n) is 3.17. The Labute approximate surface area is 141 Å². The predicted octanol–water partition coefficient (Wildman–Crippen LogP) is 1.16. The zero-order valence-corrected chi connectivity index (χ0v) is 13.8. The zero-order chi connectivity index (χ0) is 19.0. The number of carboxylic acids is 2. The molecule has 0 bridgehead atoms. The van der Waals surface area contributed by atoms with Gasteiger partial charge in [0.15, 0.2) is 0 Å².